The lowest BCUT2D eigenvalue weighted by Crippen LogP contribution is -2.21. The fourth-order valence-corrected chi connectivity index (χ4v) is 3.21. The standard InChI is InChI=1S/C12H18N4OS/c1-7-10-11(15(3)14-7)16(12(18)13-10)8(2)9-5-4-6-17-9/h8-9H,4-6H2,1-3H3,(H,13,18). The van der Waals surface area contributed by atoms with Crippen LogP contribution < -0.4 is 0 Å². The van der Waals surface area contributed by atoms with Gasteiger partial charge in [0.15, 0.2) is 10.4 Å². The van der Waals surface area contributed by atoms with E-state index in [2.05, 4.69) is 21.6 Å². The van der Waals surface area contributed by atoms with Crippen molar-refractivity contribution in [2.75, 3.05) is 6.61 Å². The van der Waals surface area contributed by atoms with Crippen LogP contribution in [0.4, 0.5) is 0 Å². The number of hydrogen-bond acceptors (Lipinski definition) is 3. The van der Waals surface area contributed by atoms with Gasteiger partial charge in [0.05, 0.1) is 17.8 Å². The van der Waals surface area contributed by atoms with E-state index in [4.69, 9.17) is 17.0 Å². The highest BCUT2D eigenvalue weighted by molar-refractivity contribution is 7.71. The molecule has 0 saturated carbocycles. The van der Waals surface area contributed by atoms with Crippen molar-refractivity contribution in [2.24, 2.45) is 7.05 Å². The second kappa shape index (κ2) is 4.20. The van der Waals surface area contributed by atoms with Gasteiger partial charge in [-0.05, 0) is 38.9 Å². The first-order valence-corrected chi connectivity index (χ1v) is 6.76. The zero-order valence-electron chi connectivity index (χ0n) is 10.9. The van der Waals surface area contributed by atoms with E-state index in [1.54, 1.807) is 0 Å². The number of H-pyrrole nitrogens is 1. The van der Waals surface area contributed by atoms with Crippen molar-refractivity contribution >= 4 is 23.4 Å². The Morgan fingerprint density at radius 2 is 2.33 bits per heavy atom. The molecule has 2 atom stereocenters. The number of nitrogens with zero attached hydrogens (tertiary/aromatic N) is 3. The molecule has 18 heavy (non-hydrogen) atoms. The van der Waals surface area contributed by atoms with E-state index in [1.807, 2.05) is 18.7 Å². The van der Waals surface area contributed by atoms with Gasteiger partial charge in [0.25, 0.3) is 0 Å². The van der Waals surface area contributed by atoms with Gasteiger partial charge in [-0.25, -0.2) is 0 Å². The molecule has 0 amide bonds. The molecule has 98 valence electrons. The minimum absolute atomic E-state index is 0.239. The first-order chi connectivity index (χ1) is 8.59. The fourth-order valence-electron chi connectivity index (χ4n) is 2.86. The molecule has 0 aliphatic carbocycles. The maximum Gasteiger partial charge on any atom is 0.179 e. The summed E-state index contributed by atoms with van der Waals surface area (Å²) in [6.07, 6.45) is 2.50. The number of rotatable bonds is 2. The summed E-state index contributed by atoms with van der Waals surface area (Å²) in [6.45, 7) is 5.02. The number of aryl methyl sites for hydroxylation is 2. The van der Waals surface area contributed by atoms with Crippen LogP contribution >= 0.6 is 12.2 Å². The van der Waals surface area contributed by atoms with Crippen LogP contribution in [0.5, 0.6) is 0 Å². The Morgan fingerprint density at radius 1 is 1.56 bits per heavy atom. The number of ether oxygens (including phenoxy) is 1. The van der Waals surface area contributed by atoms with Crippen molar-refractivity contribution in [3.63, 3.8) is 0 Å². The molecule has 1 N–H and O–H groups in total. The molecule has 0 aromatic carbocycles. The topological polar surface area (TPSA) is 47.8 Å². The average molecular weight is 266 g/mol. The predicted molar refractivity (Wildman–Crippen MR) is 72.3 cm³/mol. The van der Waals surface area contributed by atoms with E-state index in [9.17, 15) is 0 Å². The number of nitrogens with one attached hydrogen (secondary N) is 1. The number of aromatic amines is 1. The van der Waals surface area contributed by atoms with Crippen LogP contribution in [0.1, 0.15) is 31.5 Å². The lowest BCUT2D eigenvalue weighted by molar-refractivity contribution is 0.0737. The van der Waals surface area contributed by atoms with Crippen LogP contribution in [0, 0.1) is 11.7 Å². The van der Waals surface area contributed by atoms with Crippen molar-refractivity contribution in [3.05, 3.63) is 10.5 Å². The Labute approximate surface area is 111 Å². The van der Waals surface area contributed by atoms with Crippen LogP contribution in [0.25, 0.3) is 11.2 Å². The third-order valence-electron chi connectivity index (χ3n) is 3.78. The second-order valence-corrected chi connectivity index (χ2v) is 5.39. The Bertz CT molecular complexity index is 632. The number of aromatic nitrogens is 4. The van der Waals surface area contributed by atoms with Gasteiger partial charge in [-0.15, -0.1) is 0 Å². The summed E-state index contributed by atoms with van der Waals surface area (Å²) in [4.78, 5) is 3.26. The number of imidazole rings is 1. The largest absolute Gasteiger partial charge is 0.376 e. The first kappa shape index (κ1) is 11.9. The van der Waals surface area contributed by atoms with Crippen LogP contribution in [-0.2, 0) is 11.8 Å². The van der Waals surface area contributed by atoms with E-state index in [0.29, 0.717) is 0 Å². The molecule has 0 radical (unpaired) electrons. The van der Waals surface area contributed by atoms with Gasteiger partial charge < -0.3 is 9.72 Å². The van der Waals surface area contributed by atoms with Gasteiger partial charge >= 0.3 is 0 Å². The van der Waals surface area contributed by atoms with Crippen molar-refractivity contribution in [1.82, 2.24) is 19.3 Å². The number of fused-ring (bicyclic) bond motifs is 1. The van der Waals surface area contributed by atoms with Gasteiger partial charge in [0, 0.05) is 13.7 Å². The Balaban J connectivity index is 2.15. The molecule has 6 heteroatoms. The fraction of sp³-hybridized carbons (Fsp3) is 0.667. The molecule has 0 bridgehead atoms. The van der Waals surface area contributed by atoms with Gasteiger partial charge in [-0.2, -0.15) is 5.10 Å². The molecule has 1 aliphatic rings. The maximum absolute atomic E-state index is 5.78. The minimum atomic E-state index is 0.239. The van der Waals surface area contributed by atoms with Crippen LogP contribution in [0.15, 0.2) is 0 Å². The molecule has 1 saturated heterocycles. The monoisotopic (exact) mass is 266 g/mol. The van der Waals surface area contributed by atoms with E-state index >= 15 is 0 Å². The molecule has 2 unspecified atom stereocenters. The third kappa shape index (κ3) is 1.63. The molecule has 3 rings (SSSR count). The van der Waals surface area contributed by atoms with Crippen molar-refractivity contribution in [2.45, 2.75) is 38.8 Å². The van der Waals surface area contributed by atoms with E-state index in [0.717, 1.165) is 41.1 Å². The molecular weight excluding hydrogens is 248 g/mol. The molecule has 0 spiro atoms. The van der Waals surface area contributed by atoms with E-state index < -0.39 is 0 Å². The number of hydrogen-bond donors (Lipinski definition) is 1. The molecule has 2 aromatic heterocycles. The Kier molecular flexibility index (Phi) is 2.79. The SMILES string of the molecule is Cc1nn(C)c2c1[nH]c(=S)n2C(C)C1CCCO1. The maximum atomic E-state index is 5.78. The average Bonchev–Trinajstić information content (AvgIpc) is 2.98. The lowest BCUT2D eigenvalue weighted by atomic mass is 10.1. The normalized spacial score (nSPS) is 21.8. The van der Waals surface area contributed by atoms with Crippen molar-refractivity contribution in [3.8, 4) is 0 Å². The van der Waals surface area contributed by atoms with E-state index in [1.165, 1.54) is 0 Å². The van der Waals surface area contributed by atoms with Gasteiger partial charge in [0.1, 0.15) is 5.52 Å². The highest BCUT2D eigenvalue weighted by Crippen LogP contribution is 2.28. The van der Waals surface area contributed by atoms with Gasteiger partial charge in [-0.3, -0.25) is 9.25 Å². The smallest absolute Gasteiger partial charge is 0.179 e. The summed E-state index contributed by atoms with van der Waals surface area (Å²) in [6, 6.07) is 0.239. The lowest BCUT2D eigenvalue weighted by Gasteiger charge is -2.20. The third-order valence-corrected chi connectivity index (χ3v) is 4.08. The summed E-state index contributed by atoms with van der Waals surface area (Å²) in [7, 11) is 1.96. The quantitative estimate of drug-likeness (QED) is 0.850. The van der Waals surface area contributed by atoms with Gasteiger partial charge in [-0.1, -0.05) is 0 Å². The van der Waals surface area contributed by atoms with Crippen molar-refractivity contribution in [1.29, 1.82) is 0 Å². The molecule has 1 fully saturated rings. The highest BCUT2D eigenvalue weighted by atomic mass is 32.1. The highest BCUT2D eigenvalue weighted by Gasteiger charge is 2.27. The van der Waals surface area contributed by atoms with Crippen LogP contribution in [-0.4, -0.2) is 32.0 Å². The minimum Gasteiger partial charge on any atom is -0.376 e. The molecule has 1 aliphatic heterocycles. The Hall–Kier alpha value is -1.14. The molecule has 5 nitrogen and oxygen atoms in total. The summed E-state index contributed by atoms with van der Waals surface area (Å²) >= 11 is 5.45. The second-order valence-electron chi connectivity index (χ2n) is 5.00. The van der Waals surface area contributed by atoms with Crippen LogP contribution in [0.2, 0.25) is 0 Å². The molecule has 3 heterocycles. The summed E-state index contributed by atoms with van der Waals surface area (Å²) in [5.74, 6) is 0. The summed E-state index contributed by atoms with van der Waals surface area (Å²) in [5, 5.41) is 4.44. The van der Waals surface area contributed by atoms with Crippen molar-refractivity contribution < 1.29 is 4.74 Å². The zero-order valence-corrected chi connectivity index (χ0v) is 11.8. The molecular formula is C12H18N4OS. The Morgan fingerprint density at radius 3 is 3.00 bits per heavy atom. The van der Waals surface area contributed by atoms with E-state index in [-0.39, 0.29) is 12.1 Å². The first-order valence-electron chi connectivity index (χ1n) is 6.35. The summed E-state index contributed by atoms with van der Waals surface area (Å²) in [5.41, 5.74) is 3.07. The van der Waals surface area contributed by atoms with Gasteiger partial charge in [0.2, 0.25) is 0 Å². The predicted octanol–water partition coefficient (Wildman–Crippen LogP) is 2.48. The van der Waals surface area contributed by atoms with Crippen LogP contribution in [0.3, 0.4) is 0 Å². The summed E-state index contributed by atoms with van der Waals surface area (Å²) < 4.78 is 10.6. The molecule has 2 aromatic rings. The zero-order chi connectivity index (χ0) is 12.9.